The molecule has 1 rings (SSSR count). The Hall–Kier alpha value is -1.36. The average Bonchev–Trinajstić information content (AvgIpc) is 2.24. The number of carbonyl (C=O) groups is 1. The third kappa shape index (κ3) is 3.66. The Bertz CT molecular complexity index is 369. The van der Waals surface area contributed by atoms with E-state index in [1.807, 2.05) is 6.26 Å². The van der Waals surface area contributed by atoms with Gasteiger partial charge in [0.1, 0.15) is 0 Å². The summed E-state index contributed by atoms with van der Waals surface area (Å²) in [5, 5.41) is 0. The number of esters is 1. The van der Waals surface area contributed by atoms with Crippen molar-refractivity contribution in [3.63, 3.8) is 0 Å². The van der Waals surface area contributed by atoms with Crippen molar-refractivity contribution in [2.24, 2.45) is 0 Å². The Morgan fingerprint density at radius 2 is 2.19 bits per heavy atom. The van der Waals surface area contributed by atoms with E-state index in [1.165, 1.54) is 0 Å². The maximum Gasteiger partial charge on any atom is 0.340 e. The summed E-state index contributed by atoms with van der Waals surface area (Å²) in [7, 11) is 0. The van der Waals surface area contributed by atoms with Crippen LogP contribution < -0.4 is 11.5 Å². The zero-order valence-electron chi connectivity index (χ0n) is 9.23. The van der Waals surface area contributed by atoms with E-state index in [9.17, 15) is 4.79 Å². The van der Waals surface area contributed by atoms with Crippen LogP contribution in [0, 0.1) is 0 Å². The summed E-state index contributed by atoms with van der Waals surface area (Å²) in [6.45, 7) is 0.420. The molecule has 88 valence electrons. The van der Waals surface area contributed by atoms with Gasteiger partial charge >= 0.3 is 5.97 Å². The molecule has 4 N–H and O–H groups in total. The number of nitrogen functional groups attached to an aromatic ring is 2. The van der Waals surface area contributed by atoms with Crippen LogP contribution in [0.4, 0.5) is 11.4 Å². The molecule has 0 aliphatic rings. The quantitative estimate of drug-likeness (QED) is 0.466. The van der Waals surface area contributed by atoms with Gasteiger partial charge in [-0.15, -0.1) is 0 Å². The van der Waals surface area contributed by atoms with Gasteiger partial charge in [0.25, 0.3) is 0 Å². The van der Waals surface area contributed by atoms with E-state index in [-0.39, 0.29) is 0 Å². The highest BCUT2D eigenvalue weighted by atomic mass is 32.2. The van der Waals surface area contributed by atoms with Gasteiger partial charge in [-0.2, -0.15) is 11.8 Å². The molecule has 0 heterocycles. The third-order valence-corrected chi connectivity index (χ3v) is 2.72. The van der Waals surface area contributed by atoms with Crippen molar-refractivity contribution in [2.75, 3.05) is 30.1 Å². The van der Waals surface area contributed by atoms with E-state index < -0.39 is 5.97 Å². The summed E-state index contributed by atoms with van der Waals surface area (Å²) in [4.78, 5) is 11.6. The van der Waals surface area contributed by atoms with Crippen molar-refractivity contribution < 1.29 is 9.53 Å². The van der Waals surface area contributed by atoms with Crippen molar-refractivity contribution in [2.45, 2.75) is 6.42 Å². The van der Waals surface area contributed by atoms with Crippen LogP contribution >= 0.6 is 11.8 Å². The molecule has 0 aromatic heterocycles. The lowest BCUT2D eigenvalue weighted by molar-refractivity contribution is 0.0507. The number of anilines is 2. The summed E-state index contributed by atoms with van der Waals surface area (Å²) >= 11 is 1.72. The molecule has 0 spiro atoms. The minimum absolute atomic E-state index is 0.356. The standard InChI is InChI=1S/C11H16N2O2S/c1-16-6-2-5-15-11(14)9-4-3-8(12)7-10(9)13/h3-4,7H,2,5-6,12-13H2,1H3. The molecule has 0 aliphatic carbocycles. The maximum atomic E-state index is 11.6. The number of hydrogen-bond acceptors (Lipinski definition) is 5. The minimum Gasteiger partial charge on any atom is -0.462 e. The average molecular weight is 240 g/mol. The Labute approximate surface area is 99.3 Å². The molecule has 16 heavy (non-hydrogen) atoms. The molecular weight excluding hydrogens is 224 g/mol. The van der Waals surface area contributed by atoms with Gasteiger partial charge in [-0.25, -0.2) is 4.79 Å². The summed E-state index contributed by atoms with van der Waals surface area (Å²) in [6.07, 6.45) is 2.86. The minimum atomic E-state index is -0.390. The Morgan fingerprint density at radius 3 is 2.81 bits per heavy atom. The number of hydrogen-bond donors (Lipinski definition) is 2. The lowest BCUT2D eigenvalue weighted by Gasteiger charge is -2.07. The van der Waals surface area contributed by atoms with Crippen molar-refractivity contribution in [1.29, 1.82) is 0 Å². The van der Waals surface area contributed by atoms with Gasteiger partial charge in [0.2, 0.25) is 0 Å². The monoisotopic (exact) mass is 240 g/mol. The molecule has 4 nitrogen and oxygen atoms in total. The van der Waals surface area contributed by atoms with Gasteiger partial charge in [0.05, 0.1) is 12.2 Å². The Balaban J connectivity index is 2.53. The number of nitrogens with two attached hydrogens (primary N) is 2. The Morgan fingerprint density at radius 1 is 1.44 bits per heavy atom. The first-order chi connectivity index (χ1) is 7.65. The van der Waals surface area contributed by atoms with E-state index in [0.29, 0.717) is 23.5 Å². The van der Waals surface area contributed by atoms with Crippen LogP contribution in [0.25, 0.3) is 0 Å². The molecular formula is C11H16N2O2S. The molecule has 0 aliphatic heterocycles. The van der Waals surface area contributed by atoms with Crippen LogP contribution in [0.5, 0.6) is 0 Å². The van der Waals surface area contributed by atoms with Gasteiger partial charge < -0.3 is 16.2 Å². The van der Waals surface area contributed by atoms with Gasteiger partial charge in [-0.3, -0.25) is 0 Å². The molecule has 0 atom stereocenters. The van der Waals surface area contributed by atoms with Crippen LogP contribution in [0.2, 0.25) is 0 Å². The SMILES string of the molecule is CSCCCOC(=O)c1ccc(N)cc1N. The lowest BCUT2D eigenvalue weighted by Crippen LogP contribution is -2.10. The van der Waals surface area contributed by atoms with E-state index in [1.54, 1.807) is 30.0 Å². The van der Waals surface area contributed by atoms with Crippen molar-refractivity contribution in [1.82, 2.24) is 0 Å². The third-order valence-electron chi connectivity index (χ3n) is 2.02. The topological polar surface area (TPSA) is 78.3 Å². The molecule has 0 bridgehead atoms. The van der Waals surface area contributed by atoms with Crippen LogP contribution in [0.1, 0.15) is 16.8 Å². The number of benzene rings is 1. The summed E-state index contributed by atoms with van der Waals surface area (Å²) in [5.74, 6) is 0.587. The highest BCUT2D eigenvalue weighted by Crippen LogP contribution is 2.16. The molecule has 0 amide bonds. The molecule has 0 saturated carbocycles. The van der Waals surface area contributed by atoms with Gasteiger partial charge in [0, 0.05) is 11.4 Å². The first-order valence-electron chi connectivity index (χ1n) is 4.96. The number of ether oxygens (including phenoxy) is 1. The normalized spacial score (nSPS) is 10.1. The second-order valence-electron chi connectivity index (χ2n) is 3.33. The summed E-state index contributed by atoms with van der Waals surface area (Å²) in [5.41, 5.74) is 12.5. The molecule has 1 aromatic rings. The van der Waals surface area contributed by atoms with Crippen molar-refractivity contribution in [3.05, 3.63) is 23.8 Å². The maximum absolute atomic E-state index is 11.6. The number of carbonyl (C=O) groups excluding carboxylic acids is 1. The van der Waals surface area contributed by atoms with Crippen LogP contribution in [0.3, 0.4) is 0 Å². The molecule has 0 saturated heterocycles. The first kappa shape index (κ1) is 12.7. The van der Waals surface area contributed by atoms with Gasteiger partial charge in [-0.05, 0) is 36.6 Å². The molecule has 5 heteroatoms. The van der Waals surface area contributed by atoms with Gasteiger partial charge in [0.15, 0.2) is 0 Å². The van der Waals surface area contributed by atoms with E-state index in [0.717, 1.165) is 12.2 Å². The molecule has 0 unspecified atom stereocenters. The largest absolute Gasteiger partial charge is 0.462 e. The fourth-order valence-electron chi connectivity index (χ4n) is 1.21. The van der Waals surface area contributed by atoms with Crippen LogP contribution in [-0.2, 0) is 4.74 Å². The highest BCUT2D eigenvalue weighted by Gasteiger charge is 2.10. The fraction of sp³-hybridized carbons (Fsp3) is 0.364. The zero-order chi connectivity index (χ0) is 12.0. The zero-order valence-corrected chi connectivity index (χ0v) is 10.0. The van der Waals surface area contributed by atoms with Crippen molar-refractivity contribution >= 4 is 29.1 Å². The summed E-state index contributed by atoms with van der Waals surface area (Å²) < 4.78 is 5.08. The lowest BCUT2D eigenvalue weighted by atomic mass is 10.1. The predicted octanol–water partition coefficient (Wildman–Crippen LogP) is 1.76. The summed E-state index contributed by atoms with van der Waals surface area (Å²) in [6, 6.07) is 4.77. The smallest absolute Gasteiger partial charge is 0.340 e. The Kier molecular flexibility index (Phi) is 4.98. The van der Waals surface area contributed by atoms with Crippen LogP contribution in [0.15, 0.2) is 18.2 Å². The van der Waals surface area contributed by atoms with E-state index in [2.05, 4.69) is 0 Å². The second kappa shape index (κ2) is 6.27. The van der Waals surface area contributed by atoms with Crippen LogP contribution in [-0.4, -0.2) is 24.6 Å². The predicted molar refractivity (Wildman–Crippen MR) is 68.5 cm³/mol. The van der Waals surface area contributed by atoms with Gasteiger partial charge in [-0.1, -0.05) is 0 Å². The molecule has 0 fully saturated rings. The fourth-order valence-corrected chi connectivity index (χ4v) is 1.62. The van der Waals surface area contributed by atoms with E-state index >= 15 is 0 Å². The molecule has 0 radical (unpaired) electrons. The van der Waals surface area contributed by atoms with E-state index in [4.69, 9.17) is 16.2 Å². The highest BCUT2D eigenvalue weighted by molar-refractivity contribution is 7.98. The molecule has 1 aromatic carbocycles. The second-order valence-corrected chi connectivity index (χ2v) is 4.31. The number of rotatable bonds is 5. The number of thioether (sulfide) groups is 1. The van der Waals surface area contributed by atoms with Crippen molar-refractivity contribution in [3.8, 4) is 0 Å². The first-order valence-corrected chi connectivity index (χ1v) is 6.35.